The van der Waals surface area contributed by atoms with Crippen molar-refractivity contribution in [1.82, 2.24) is 0 Å². The van der Waals surface area contributed by atoms with Gasteiger partial charge in [0.2, 0.25) is 0 Å². The molecule has 0 heterocycles. The summed E-state index contributed by atoms with van der Waals surface area (Å²) in [6.45, 7) is -3.48. The molecule has 3 unspecified atom stereocenters. The molecule has 7 nitrogen and oxygen atoms in total. The number of alkyl halides is 2. The van der Waals surface area contributed by atoms with E-state index in [4.69, 9.17) is 9.47 Å². The van der Waals surface area contributed by atoms with Crippen molar-refractivity contribution in [3.63, 3.8) is 0 Å². The van der Waals surface area contributed by atoms with Crippen molar-refractivity contribution in [3.8, 4) is 11.5 Å². The van der Waals surface area contributed by atoms with E-state index in [0.29, 0.717) is 24.2 Å². The summed E-state index contributed by atoms with van der Waals surface area (Å²) in [5.74, 6) is 0.649. The lowest BCUT2D eigenvalue weighted by Crippen LogP contribution is -2.17. The molecule has 0 spiro atoms. The number of carbonyl (C=O) groups is 1. The fourth-order valence-electron chi connectivity index (χ4n) is 4.28. The Morgan fingerprint density at radius 1 is 1.30 bits per heavy atom. The summed E-state index contributed by atoms with van der Waals surface area (Å²) >= 11 is 0. The first-order valence-electron chi connectivity index (χ1n) is 8.83. The summed E-state index contributed by atoms with van der Waals surface area (Å²) in [7, 11) is 1.23. The average molecular weight is 385 g/mol. The number of carbonyl (C=O) groups excluding carboxylic acids is 1. The van der Waals surface area contributed by atoms with Crippen LogP contribution in [0.3, 0.4) is 0 Å². The van der Waals surface area contributed by atoms with E-state index in [1.807, 2.05) is 0 Å². The van der Waals surface area contributed by atoms with E-state index >= 15 is 0 Å². The largest absolute Gasteiger partial charge is 0.493 e. The molecule has 2 fully saturated rings. The minimum Gasteiger partial charge on any atom is -0.493 e. The monoisotopic (exact) mass is 385 g/mol. The average Bonchev–Trinajstić information content (AvgIpc) is 3.22. The molecule has 0 N–H and O–H groups in total. The Balaban J connectivity index is 1.67. The molecule has 3 rings (SSSR count). The van der Waals surface area contributed by atoms with Crippen LogP contribution >= 0.6 is 0 Å². The third-order valence-electron chi connectivity index (χ3n) is 5.48. The van der Waals surface area contributed by atoms with E-state index in [-0.39, 0.29) is 17.9 Å². The van der Waals surface area contributed by atoms with Gasteiger partial charge >= 0.3 is 12.6 Å². The number of rotatable bonds is 8. The van der Waals surface area contributed by atoms with Gasteiger partial charge in [-0.2, -0.15) is 8.78 Å². The maximum Gasteiger partial charge on any atom is 0.387 e. The fourth-order valence-corrected chi connectivity index (χ4v) is 4.28. The molecular weight excluding hydrogens is 364 g/mol. The van der Waals surface area contributed by atoms with Gasteiger partial charge in [-0.3, -0.25) is 14.9 Å². The zero-order valence-electron chi connectivity index (χ0n) is 14.9. The van der Waals surface area contributed by atoms with Crippen LogP contribution in [0.25, 0.3) is 0 Å². The van der Waals surface area contributed by atoms with Crippen LogP contribution in [0.2, 0.25) is 0 Å². The Morgan fingerprint density at radius 2 is 2.07 bits per heavy atom. The normalized spacial score (nSPS) is 23.5. The van der Waals surface area contributed by atoms with Crippen LogP contribution in [0.5, 0.6) is 11.5 Å². The molecule has 1 aromatic rings. The number of benzene rings is 1. The molecule has 27 heavy (non-hydrogen) atoms. The minimum atomic E-state index is -3.15. The fraction of sp³-hybridized carbons (Fsp3) is 0.611. The number of nitro benzene ring substituents is 1. The Bertz CT molecular complexity index is 726. The van der Waals surface area contributed by atoms with Gasteiger partial charge < -0.3 is 14.2 Å². The Kier molecular flexibility index (Phi) is 5.76. The number of ether oxygens (including phenoxy) is 3. The summed E-state index contributed by atoms with van der Waals surface area (Å²) < 4.78 is 39.4. The van der Waals surface area contributed by atoms with Crippen molar-refractivity contribution in [3.05, 3.63) is 27.8 Å². The van der Waals surface area contributed by atoms with Crippen molar-refractivity contribution >= 4 is 11.7 Å². The van der Waals surface area contributed by atoms with Gasteiger partial charge in [-0.25, -0.2) is 0 Å². The summed E-state index contributed by atoms with van der Waals surface area (Å²) in [6.07, 6.45) is 4.89. The Morgan fingerprint density at radius 3 is 2.63 bits per heavy atom. The van der Waals surface area contributed by atoms with Crippen LogP contribution < -0.4 is 9.47 Å². The molecule has 2 aliphatic rings. The van der Waals surface area contributed by atoms with Crippen molar-refractivity contribution in [1.29, 1.82) is 0 Å². The number of nitrogens with zero attached hydrogens (tertiary/aromatic N) is 1. The minimum absolute atomic E-state index is 0.0553. The standard InChI is InChI=1S/C18H21F2NO6/c1-25-15-6-13(14(21(23)24)8-16(15)27-18(19)20)9-26-17(22)7-12-5-10-2-3-11(12)4-10/h6,8,10-12,18H,2-5,7,9H2,1H3. The number of esters is 1. The molecule has 1 aromatic carbocycles. The zero-order valence-corrected chi connectivity index (χ0v) is 14.9. The SMILES string of the molecule is COc1cc(COC(=O)CC2CC3CCC2C3)c([N+](=O)[O-])cc1OC(F)F. The molecule has 9 heteroatoms. The van der Waals surface area contributed by atoms with E-state index in [0.717, 1.165) is 18.9 Å². The van der Waals surface area contributed by atoms with Crippen molar-refractivity contribution in [2.75, 3.05) is 7.11 Å². The van der Waals surface area contributed by atoms with Gasteiger partial charge in [0.1, 0.15) is 6.61 Å². The number of methoxy groups -OCH3 is 1. The van der Waals surface area contributed by atoms with Crippen LogP contribution in [-0.2, 0) is 16.1 Å². The van der Waals surface area contributed by atoms with E-state index in [9.17, 15) is 23.7 Å². The molecule has 0 aromatic heterocycles. The van der Waals surface area contributed by atoms with Crippen LogP contribution in [0.4, 0.5) is 14.5 Å². The molecule has 2 saturated carbocycles. The summed E-state index contributed by atoms with van der Waals surface area (Å²) in [4.78, 5) is 22.7. The predicted molar refractivity (Wildman–Crippen MR) is 89.6 cm³/mol. The van der Waals surface area contributed by atoms with Crippen molar-refractivity contribution in [2.24, 2.45) is 17.8 Å². The smallest absolute Gasteiger partial charge is 0.387 e. The zero-order chi connectivity index (χ0) is 19.6. The second-order valence-electron chi connectivity index (χ2n) is 7.07. The van der Waals surface area contributed by atoms with Crippen LogP contribution in [0.1, 0.15) is 37.7 Å². The molecule has 0 radical (unpaired) electrons. The van der Waals surface area contributed by atoms with Crippen LogP contribution in [0.15, 0.2) is 12.1 Å². The third-order valence-corrected chi connectivity index (χ3v) is 5.48. The molecule has 0 amide bonds. The molecule has 2 bridgehead atoms. The van der Waals surface area contributed by atoms with Crippen LogP contribution in [0, 0.1) is 27.9 Å². The van der Waals surface area contributed by atoms with E-state index in [1.165, 1.54) is 26.0 Å². The molecule has 0 aliphatic heterocycles. The van der Waals surface area contributed by atoms with Gasteiger partial charge in [-0.05, 0) is 43.1 Å². The summed E-state index contributed by atoms with van der Waals surface area (Å²) in [6, 6.07) is 2.03. The first-order chi connectivity index (χ1) is 12.9. The highest BCUT2D eigenvalue weighted by Crippen LogP contribution is 2.49. The maximum absolute atomic E-state index is 12.5. The number of hydrogen-bond donors (Lipinski definition) is 0. The molecule has 3 atom stereocenters. The maximum atomic E-state index is 12.5. The lowest BCUT2D eigenvalue weighted by Gasteiger charge is -2.20. The second kappa shape index (κ2) is 8.06. The topological polar surface area (TPSA) is 87.9 Å². The molecule has 2 aliphatic carbocycles. The van der Waals surface area contributed by atoms with E-state index in [2.05, 4.69) is 4.74 Å². The van der Waals surface area contributed by atoms with Crippen molar-refractivity contribution < 1.29 is 32.7 Å². The highest BCUT2D eigenvalue weighted by Gasteiger charge is 2.40. The second-order valence-corrected chi connectivity index (χ2v) is 7.07. The van der Waals surface area contributed by atoms with Crippen molar-refractivity contribution in [2.45, 2.75) is 45.3 Å². The Labute approximate surface area is 154 Å². The quantitative estimate of drug-likeness (QED) is 0.381. The van der Waals surface area contributed by atoms with Gasteiger partial charge in [0, 0.05) is 6.42 Å². The number of fused-ring (bicyclic) bond motifs is 2. The Hall–Kier alpha value is -2.45. The third kappa shape index (κ3) is 4.45. The van der Waals surface area contributed by atoms with Gasteiger partial charge in [-0.15, -0.1) is 0 Å². The van der Waals surface area contributed by atoms with Crippen LogP contribution in [-0.4, -0.2) is 24.6 Å². The van der Waals surface area contributed by atoms with Gasteiger partial charge in [-0.1, -0.05) is 6.42 Å². The molecule has 148 valence electrons. The summed E-state index contributed by atoms with van der Waals surface area (Å²) in [5.41, 5.74) is -0.418. The van der Waals surface area contributed by atoms with Gasteiger partial charge in [0.15, 0.2) is 11.5 Å². The van der Waals surface area contributed by atoms with Gasteiger partial charge in [0.05, 0.1) is 23.7 Å². The first-order valence-corrected chi connectivity index (χ1v) is 8.83. The van der Waals surface area contributed by atoms with E-state index < -0.39 is 28.9 Å². The lowest BCUT2D eigenvalue weighted by molar-refractivity contribution is -0.386. The number of nitro groups is 1. The molecular formula is C18H21F2NO6. The molecule has 0 saturated heterocycles. The van der Waals surface area contributed by atoms with E-state index in [1.54, 1.807) is 0 Å². The first kappa shape index (κ1) is 19.3. The highest BCUT2D eigenvalue weighted by atomic mass is 19.3. The van der Waals surface area contributed by atoms with Gasteiger partial charge in [0.25, 0.3) is 5.69 Å². The number of hydrogen-bond acceptors (Lipinski definition) is 6. The number of halogens is 2. The summed E-state index contributed by atoms with van der Waals surface area (Å²) in [5, 5.41) is 11.3. The lowest BCUT2D eigenvalue weighted by atomic mass is 9.86. The highest BCUT2D eigenvalue weighted by molar-refractivity contribution is 5.70. The predicted octanol–water partition coefficient (Wildman–Crippen LogP) is 4.07.